The van der Waals surface area contributed by atoms with Gasteiger partial charge in [-0.05, 0) is 43.8 Å². The first-order chi connectivity index (χ1) is 6.56. The molecule has 0 saturated heterocycles. The van der Waals surface area contributed by atoms with Gasteiger partial charge in [-0.1, -0.05) is 26.0 Å². The highest BCUT2D eigenvalue weighted by Crippen LogP contribution is 2.44. The van der Waals surface area contributed by atoms with Gasteiger partial charge < -0.3 is 4.74 Å². The molecular weight excluding hydrogens is 172 g/mol. The van der Waals surface area contributed by atoms with Gasteiger partial charge >= 0.3 is 0 Å². The summed E-state index contributed by atoms with van der Waals surface area (Å²) < 4.78 is 6.11. The molecule has 0 bridgehead atoms. The Bertz CT molecular complexity index is 290. The lowest BCUT2D eigenvalue weighted by Gasteiger charge is -2.42. The Morgan fingerprint density at radius 2 is 2.07 bits per heavy atom. The van der Waals surface area contributed by atoms with E-state index in [0.717, 1.165) is 0 Å². The summed E-state index contributed by atoms with van der Waals surface area (Å²) in [6.07, 6.45) is 8.26. The summed E-state index contributed by atoms with van der Waals surface area (Å²) in [5, 5.41) is 0. The van der Waals surface area contributed by atoms with Crippen LogP contribution in [-0.4, -0.2) is 11.7 Å². The maximum atomic E-state index is 6.11. The van der Waals surface area contributed by atoms with Gasteiger partial charge in [-0.25, -0.2) is 0 Å². The molecule has 4 unspecified atom stereocenters. The van der Waals surface area contributed by atoms with Gasteiger partial charge in [0, 0.05) is 0 Å². The lowest BCUT2D eigenvalue weighted by Crippen LogP contribution is -2.43. The minimum atomic E-state index is -0.0862. The molecule has 14 heavy (non-hydrogen) atoms. The van der Waals surface area contributed by atoms with Crippen molar-refractivity contribution in [1.29, 1.82) is 0 Å². The van der Waals surface area contributed by atoms with Crippen molar-refractivity contribution in [2.45, 2.75) is 45.8 Å². The van der Waals surface area contributed by atoms with Crippen LogP contribution in [-0.2, 0) is 4.74 Å². The molecule has 78 valence electrons. The molecular formula is C13H20O. The summed E-state index contributed by atoms with van der Waals surface area (Å²) in [6.45, 7) is 8.94. The number of rotatable bonds is 0. The zero-order valence-corrected chi connectivity index (χ0v) is 9.58. The average molecular weight is 192 g/mol. The number of hydrogen-bond donors (Lipinski definition) is 0. The van der Waals surface area contributed by atoms with Crippen molar-refractivity contribution in [3.8, 4) is 0 Å². The molecule has 1 aliphatic carbocycles. The second-order valence-corrected chi connectivity index (χ2v) is 4.86. The Labute approximate surface area is 86.8 Å². The molecule has 1 nitrogen and oxygen atoms in total. The second-order valence-electron chi connectivity index (χ2n) is 4.86. The molecule has 0 fully saturated rings. The Morgan fingerprint density at radius 1 is 1.36 bits per heavy atom. The number of hydrogen-bond acceptors (Lipinski definition) is 1. The van der Waals surface area contributed by atoms with Crippen molar-refractivity contribution in [1.82, 2.24) is 0 Å². The fourth-order valence-electron chi connectivity index (χ4n) is 2.66. The van der Waals surface area contributed by atoms with Crippen molar-refractivity contribution < 1.29 is 4.74 Å². The van der Waals surface area contributed by atoms with Crippen LogP contribution < -0.4 is 0 Å². The molecule has 2 rings (SSSR count). The van der Waals surface area contributed by atoms with Crippen molar-refractivity contribution in [2.24, 2.45) is 11.8 Å². The third kappa shape index (κ3) is 1.26. The summed E-state index contributed by atoms with van der Waals surface area (Å²) in [5.74, 6) is 1.31. The van der Waals surface area contributed by atoms with Gasteiger partial charge in [0.15, 0.2) is 0 Å². The molecule has 1 heterocycles. The molecule has 2 aliphatic rings. The highest BCUT2D eigenvalue weighted by molar-refractivity contribution is 5.32. The van der Waals surface area contributed by atoms with Gasteiger partial charge in [0.1, 0.15) is 5.60 Å². The molecule has 0 radical (unpaired) electrons. The third-order valence-corrected chi connectivity index (χ3v) is 3.94. The minimum Gasteiger partial charge on any atom is -0.359 e. The molecule has 0 aromatic carbocycles. The first-order valence-electron chi connectivity index (χ1n) is 5.60. The first-order valence-corrected chi connectivity index (χ1v) is 5.60. The van der Waals surface area contributed by atoms with E-state index in [0.29, 0.717) is 11.8 Å². The Balaban J connectivity index is 2.36. The molecule has 1 aliphatic heterocycles. The van der Waals surface area contributed by atoms with Crippen molar-refractivity contribution in [3.63, 3.8) is 0 Å². The standard InChI is InChI=1S/C13H20O/c1-9-5-6-10(2)13(12(9)4)8-7-11(3)14-13/h6-9,11-12H,5H2,1-4H3. The van der Waals surface area contributed by atoms with Crippen molar-refractivity contribution in [3.05, 3.63) is 23.8 Å². The van der Waals surface area contributed by atoms with Crippen LogP contribution in [0.25, 0.3) is 0 Å². The Kier molecular flexibility index (Phi) is 2.30. The maximum Gasteiger partial charge on any atom is 0.111 e. The molecule has 4 atom stereocenters. The maximum absolute atomic E-state index is 6.11. The van der Waals surface area contributed by atoms with Crippen LogP contribution in [0, 0.1) is 11.8 Å². The fourth-order valence-corrected chi connectivity index (χ4v) is 2.66. The zero-order chi connectivity index (χ0) is 10.3. The minimum absolute atomic E-state index is 0.0862. The lowest BCUT2D eigenvalue weighted by atomic mass is 9.71. The van der Waals surface area contributed by atoms with E-state index in [-0.39, 0.29) is 11.7 Å². The van der Waals surface area contributed by atoms with E-state index in [1.807, 2.05) is 0 Å². The summed E-state index contributed by atoms with van der Waals surface area (Å²) in [6, 6.07) is 0. The fraction of sp³-hybridized carbons (Fsp3) is 0.692. The SMILES string of the molecule is CC1=CCC(C)C(C)C12C=CC(C)O2. The van der Waals surface area contributed by atoms with Crippen LogP contribution in [0.2, 0.25) is 0 Å². The quantitative estimate of drug-likeness (QED) is 0.535. The molecule has 0 amide bonds. The summed E-state index contributed by atoms with van der Waals surface area (Å²) in [4.78, 5) is 0. The highest BCUT2D eigenvalue weighted by atomic mass is 16.5. The molecule has 0 aromatic heterocycles. The van der Waals surface area contributed by atoms with E-state index in [4.69, 9.17) is 4.74 Å². The van der Waals surface area contributed by atoms with E-state index in [1.54, 1.807) is 0 Å². The van der Waals surface area contributed by atoms with Gasteiger partial charge in [-0.3, -0.25) is 0 Å². The largest absolute Gasteiger partial charge is 0.359 e. The normalized spacial score (nSPS) is 47.1. The topological polar surface area (TPSA) is 9.23 Å². The molecule has 0 aromatic rings. The van der Waals surface area contributed by atoms with Crippen LogP contribution in [0.1, 0.15) is 34.1 Å². The predicted molar refractivity (Wildman–Crippen MR) is 59.1 cm³/mol. The third-order valence-electron chi connectivity index (χ3n) is 3.94. The van der Waals surface area contributed by atoms with Crippen molar-refractivity contribution in [2.75, 3.05) is 0 Å². The van der Waals surface area contributed by atoms with Crippen LogP contribution in [0.4, 0.5) is 0 Å². The summed E-state index contributed by atoms with van der Waals surface area (Å²) in [5.41, 5.74) is 1.31. The molecule has 1 spiro atoms. The average Bonchev–Trinajstić information content (AvgIpc) is 2.54. The van der Waals surface area contributed by atoms with E-state index in [2.05, 4.69) is 45.9 Å². The second kappa shape index (κ2) is 3.23. The van der Waals surface area contributed by atoms with Gasteiger partial charge in [-0.2, -0.15) is 0 Å². The van der Waals surface area contributed by atoms with Gasteiger partial charge in [0.2, 0.25) is 0 Å². The summed E-state index contributed by atoms with van der Waals surface area (Å²) >= 11 is 0. The lowest BCUT2D eigenvalue weighted by molar-refractivity contribution is -0.0444. The zero-order valence-electron chi connectivity index (χ0n) is 9.58. The number of ether oxygens (including phenoxy) is 1. The van der Waals surface area contributed by atoms with E-state index >= 15 is 0 Å². The van der Waals surface area contributed by atoms with Crippen LogP contribution >= 0.6 is 0 Å². The van der Waals surface area contributed by atoms with Gasteiger partial charge in [0.05, 0.1) is 6.10 Å². The molecule has 0 N–H and O–H groups in total. The van der Waals surface area contributed by atoms with E-state index in [9.17, 15) is 0 Å². The predicted octanol–water partition coefficient (Wildman–Crippen LogP) is 3.32. The van der Waals surface area contributed by atoms with Crippen LogP contribution in [0.15, 0.2) is 23.8 Å². The van der Waals surface area contributed by atoms with Gasteiger partial charge in [0.25, 0.3) is 0 Å². The molecule has 1 heteroatoms. The van der Waals surface area contributed by atoms with E-state index < -0.39 is 0 Å². The monoisotopic (exact) mass is 192 g/mol. The highest BCUT2D eigenvalue weighted by Gasteiger charge is 2.44. The Morgan fingerprint density at radius 3 is 2.64 bits per heavy atom. The Hall–Kier alpha value is -0.560. The number of allylic oxidation sites excluding steroid dienone is 1. The van der Waals surface area contributed by atoms with Crippen LogP contribution in [0.5, 0.6) is 0 Å². The first kappa shape index (κ1) is 9.97. The summed E-state index contributed by atoms with van der Waals surface area (Å²) in [7, 11) is 0. The van der Waals surface area contributed by atoms with Gasteiger partial charge in [-0.15, -0.1) is 0 Å². The van der Waals surface area contributed by atoms with Crippen molar-refractivity contribution >= 4 is 0 Å². The smallest absolute Gasteiger partial charge is 0.111 e. The van der Waals surface area contributed by atoms with Crippen LogP contribution in [0.3, 0.4) is 0 Å². The van der Waals surface area contributed by atoms with E-state index in [1.165, 1.54) is 12.0 Å². The molecule has 0 saturated carbocycles.